The first-order valence-corrected chi connectivity index (χ1v) is 9.63. The first-order valence-electron chi connectivity index (χ1n) is 9.25. The van der Waals surface area contributed by atoms with Crippen molar-refractivity contribution < 1.29 is 14.7 Å². The maximum absolute atomic E-state index is 12.7. The summed E-state index contributed by atoms with van der Waals surface area (Å²) in [5, 5.41) is 13.6. The average Bonchev–Trinajstić information content (AvgIpc) is 2.69. The standard InChI is InChI=1S/C20H20ClN3O4/c21-13-5-3-4-12(8-13)9-22-19(27)15-11-23-10-14-6-1-2-7-24(14)20(28)16(23)18(26)17(15)25/h3-5,8,11,14,26H,1-2,6-7,9-10H2,(H,22,27)/t14-/m1/s1. The molecule has 0 radical (unpaired) electrons. The van der Waals surface area contributed by atoms with Gasteiger partial charge in [0, 0.05) is 36.9 Å². The topological polar surface area (TPSA) is 91.6 Å². The third-order valence-electron chi connectivity index (χ3n) is 5.34. The van der Waals surface area contributed by atoms with Crippen molar-refractivity contribution in [3.05, 3.63) is 62.5 Å². The number of carbonyl (C=O) groups is 2. The number of halogens is 1. The van der Waals surface area contributed by atoms with E-state index >= 15 is 0 Å². The van der Waals surface area contributed by atoms with Crippen molar-refractivity contribution >= 4 is 23.4 Å². The molecule has 2 N–H and O–H groups in total. The molecule has 0 aliphatic carbocycles. The van der Waals surface area contributed by atoms with Crippen LogP contribution in [0.15, 0.2) is 35.3 Å². The Hall–Kier alpha value is -2.80. The van der Waals surface area contributed by atoms with E-state index in [1.54, 1.807) is 33.7 Å². The number of amides is 2. The number of nitrogens with one attached hydrogen (secondary N) is 1. The van der Waals surface area contributed by atoms with E-state index in [9.17, 15) is 19.5 Å². The molecule has 2 amide bonds. The van der Waals surface area contributed by atoms with Crippen LogP contribution in [0, 0.1) is 0 Å². The van der Waals surface area contributed by atoms with Crippen LogP contribution in [0.1, 0.15) is 45.7 Å². The van der Waals surface area contributed by atoms with E-state index < -0.39 is 17.1 Å². The lowest BCUT2D eigenvalue weighted by Crippen LogP contribution is -2.51. The quantitative estimate of drug-likeness (QED) is 0.824. The number of aromatic nitrogens is 1. The Morgan fingerprint density at radius 3 is 2.89 bits per heavy atom. The van der Waals surface area contributed by atoms with Crippen LogP contribution < -0.4 is 10.7 Å². The number of carbonyl (C=O) groups excluding carboxylic acids is 2. The minimum Gasteiger partial charge on any atom is -0.503 e. The van der Waals surface area contributed by atoms with Gasteiger partial charge in [-0.1, -0.05) is 23.7 Å². The molecule has 146 valence electrons. The Kier molecular flexibility index (Phi) is 4.85. The Labute approximate surface area is 166 Å². The molecule has 1 saturated heterocycles. The molecular formula is C20H20ClN3O4. The normalized spacial score (nSPS) is 18.4. The molecule has 1 atom stereocenters. The fourth-order valence-corrected chi connectivity index (χ4v) is 4.14. The lowest BCUT2D eigenvalue weighted by Gasteiger charge is -2.40. The zero-order valence-corrected chi connectivity index (χ0v) is 15.9. The summed E-state index contributed by atoms with van der Waals surface area (Å²) >= 11 is 5.94. The van der Waals surface area contributed by atoms with Crippen molar-refractivity contribution in [3.63, 3.8) is 0 Å². The molecule has 1 aromatic carbocycles. The summed E-state index contributed by atoms with van der Waals surface area (Å²) in [7, 11) is 0. The van der Waals surface area contributed by atoms with Gasteiger partial charge in [-0.15, -0.1) is 0 Å². The third-order valence-corrected chi connectivity index (χ3v) is 5.58. The molecule has 7 nitrogen and oxygen atoms in total. The third kappa shape index (κ3) is 3.26. The summed E-state index contributed by atoms with van der Waals surface area (Å²) in [6.07, 6.45) is 4.20. The van der Waals surface area contributed by atoms with E-state index in [0.29, 0.717) is 18.1 Å². The van der Waals surface area contributed by atoms with Crippen LogP contribution in [0.4, 0.5) is 0 Å². The molecule has 1 aromatic heterocycles. The molecule has 0 bridgehead atoms. The Morgan fingerprint density at radius 1 is 1.29 bits per heavy atom. The van der Waals surface area contributed by atoms with Gasteiger partial charge in [0.25, 0.3) is 11.8 Å². The number of fused-ring (bicyclic) bond motifs is 2. The molecule has 8 heteroatoms. The second-order valence-corrected chi connectivity index (χ2v) is 7.62. The van der Waals surface area contributed by atoms with Gasteiger partial charge in [0.05, 0.1) is 0 Å². The van der Waals surface area contributed by atoms with Gasteiger partial charge in [0.1, 0.15) is 5.56 Å². The van der Waals surface area contributed by atoms with E-state index in [2.05, 4.69) is 5.32 Å². The second kappa shape index (κ2) is 7.31. The van der Waals surface area contributed by atoms with E-state index in [1.807, 2.05) is 0 Å². The fourth-order valence-electron chi connectivity index (χ4n) is 3.93. The van der Waals surface area contributed by atoms with Crippen LogP contribution in [-0.4, -0.2) is 39.0 Å². The van der Waals surface area contributed by atoms with Crippen LogP contribution in [0.5, 0.6) is 5.75 Å². The minimum atomic E-state index is -0.835. The summed E-state index contributed by atoms with van der Waals surface area (Å²) in [6, 6.07) is 7.05. The Morgan fingerprint density at radius 2 is 2.11 bits per heavy atom. The van der Waals surface area contributed by atoms with E-state index in [1.165, 1.54) is 6.20 Å². The lowest BCUT2D eigenvalue weighted by atomic mass is 9.98. The van der Waals surface area contributed by atoms with Gasteiger partial charge in [-0.25, -0.2) is 0 Å². The van der Waals surface area contributed by atoms with E-state index in [4.69, 9.17) is 11.6 Å². The Balaban J connectivity index is 1.62. The molecule has 4 rings (SSSR count). The predicted octanol–water partition coefficient (Wildman–Crippen LogP) is 2.15. The fraction of sp³-hybridized carbons (Fsp3) is 0.350. The summed E-state index contributed by atoms with van der Waals surface area (Å²) in [4.78, 5) is 39.6. The van der Waals surface area contributed by atoms with E-state index in [-0.39, 0.29) is 29.8 Å². The molecule has 1 fully saturated rings. The molecule has 28 heavy (non-hydrogen) atoms. The second-order valence-electron chi connectivity index (χ2n) is 7.18. The Bertz CT molecular complexity index is 1020. The number of piperidine rings is 1. The van der Waals surface area contributed by atoms with Crippen molar-refractivity contribution in [3.8, 4) is 5.75 Å². The zero-order chi connectivity index (χ0) is 19.8. The van der Waals surface area contributed by atoms with Gasteiger partial charge in [0.2, 0.25) is 5.43 Å². The van der Waals surface area contributed by atoms with Gasteiger partial charge in [-0.05, 0) is 37.0 Å². The summed E-state index contributed by atoms with van der Waals surface area (Å²) in [5.41, 5.74) is -0.260. The molecular weight excluding hydrogens is 382 g/mol. The van der Waals surface area contributed by atoms with Crippen molar-refractivity contribution in [1.82, 2.24) is 14.8 Å². The summed E-state index contributed by atoms with van der Waals surface area (Å²) in [6.45, 7) is 1.28. The van der Waals surface area contributed by atoms with Crippen LogP contribution in [0.25, 0.3) is 0 Å². The number of benzene rings is 1. The zero-order valence-electron chi connectivity index (χ0n) is 15.2. The molecule has 0 spiro atoms. The van der Waals surface area contributed by atoms with Crippen molar-refractivity contribution in [2.45, 2.75) is 38.4 Å². The van der Waals surface area contributed by atoms with Crippen molar-refractivity contribution in [2.75, 3.05) is 6.54 Å². The van der Waals surface area contributed by atoms with Crippen molar-refractivity contribution in [1.29, 1.82) is 0 Å². The van der Waals surface area contributed by atoms with Crippen LogP contribution >= 0.6 is 11.6 Å². The van der Waals surface area contributed by atoms with Crippen LogP contribution in [-0.2, 0) is 13.1 Å². The number of hydrogen-bond donors (Lipinski definition) is 2. The van der Waals surface area contributed by atoms with Gasteiger partial charge in [-0.2, -0.15) is 0 Å². The molecule has 2 aromatic rings. The van der Waals surface area contributed by atoms with Gasteiger partial charge in [0.15, 0.2) is 11.4 Å². The number of nitrogens with zero attached hydrogens (tertiary/aromatic N) is 2. The van der Waals surface area contributed by atoms with Crippen LogP contribution in [0.2, 0.25) is 5.02 Å². The maximum atomic E-state index is 12.7. The number of aromatic hydroxyl groups is 1. The smallest absolute Gasteiger partial charge is 0.274 e. The highest BCUT2D eigenvalue weighted by Gasteiger charge is 2.37. The van der Waals surface area contributed by atoms with Crippen LogP contribution in [0.3, 0.4) is 0 Å². The summed E-state index contributed by atoms with van der Waals surface area (Å²) in [5.74, 6) is -1.62. The molecule has 0 saturated carbocycles. The number of rotatable bonds is 3. The SMILES string of the molecule is O=C(NCc1cccc(Cl)c1)c1cn2c(c(O)c1=O)C(=O)N1CCCC[C@@H]1C2. The highest BCUT2D eigenvalue weighted by Crippen LogP contribution is 2.28. The summed E-state index contributed by atoms with van der Waals surface area (Å²) < 4.78 is 1.54. The first-order chi connectivity index (χ1) is 13.5. The van der Waals surface area contributed by atoms with Gasteiger partial charge in [-0.3, -0.25) is 14.4 Å². The van der Waals surface area contributed by atoms with Gasteiger partial charge < -0.3 is 19.9 Å². The number of pyridine rings is 1. The molecule has 3 heterocycles. The maximum Gasteiger partial charge on any atom is 0.274 e. The monoisotopic (exact) mass is 401 g/mol. The predicted molar refractivity (Wildman–Crippen MR) is 104 cm³/mol. The van der Waals surface area contributed by atoms with Crippen molar-refractivity contribution in [2.24, 2.45) is 0 Å². The first kappa shape index (κ1) is 18.6. The molecule has 2 aliphatic rings. The molecule has 2 aliphatic heterocycles. The highest BCUT2D eigenvalue weighted by atomic mass is 35.5. The lowest BCUT2D eigenvalue weighted by molar-refractivity contribution is 0.0504. The average molecular weight is 402 g/mol. The van der Waals surface area contributed by atoms with Gasteiger partial charge >= 0.3 is 0 Å². The highest BCUT2D eigenvalue weighted by molar-refractivity contribution is 6.30. The van der Waals surface area contributed by atoms with E-state index in [0.717, 1.165) is 24.8 Å². The minimum absolute atomic E-state index is 0.0259. The number of hydrogen-bond acceptors (Lipinski definition) is 4. The largest absolute Gasteiger partial charge is 0.503 e. The molecule has 0 unspecified atom stereocenters.